The number of para-hydroxylation sites is 1. The largest absolute Gasteiger partial charge is 0.350 e. The number of carbonyl (C=O) groups excluding carboxylic acids is 2. The maximum Gasteiger partial charge on any atom is 0.223 e. The van der Waals surface area contributed by atoms with E-state index in [0.717, 1.165) is 42.8 Å². The third kappa shape index (κ3) is 4.29. The minimum atomic E-state index is -0.326. The van der Waals surface area contributed by atoms with Gasteiger partial charge in [-0.15, -0.1) is 11.3 Å². The van der Waals surface area contributed by atoms with Crippen molar-refractivity contribution in [2.75, 3.05) is 6.54 Å². The molecule has 2 unspecified atom stereocenters. The summed E-state index contributed by atoms with van der Waals surface area (Å²) < 4.78 is 1.17. The monoisotopic (exact) mass is 447 g/mol. The fourth-order valence-corrected chi connectivity index (χ4v) is 6.24. The van der Waals surface area contributed by atoms with Crippen LogP contribution in [0.5, 0.6) is 0 Å². The van der Waals surface area contributed by atoms with Gasteiger partial charge in [-0.1, -0.05) is 42.0 Å². The summed E-state index contributed by atoms with van der Waals surface area (Å²) in [5.74, 6) is 0.272. The Labute approximate surface area is 192 Å². The maximum absolute atomic E-state index is 13.3. The van der Waals surface area contributed by atoms with E-state index < -0.39 is 0 Å². The molecule has 166 valence electrons. The number of likely N-dealkylation sites (tertiary alicyclic amines) is 1. The molecule has 2 atom stereocenters. The van der Waals surface area contributed by atoms with Crippen LogP contribution in [-0.4, -0.2) is 33.8 Å². The zero-order valence-electron chi connectivity index (χ0n) is 18.5. The summed E-state index contributed by atoms with van der Waals surface area (Å²) in [6, 6.07) is 16.7. The Hall–Kier alpha value is -2.73. The second-order valence-corrected chi connectivity index (χ2v) is 10.3. The van der Waals surface area contributed by atoms with E-state index in [1.807, 2.05) is 23.1 Å². The SMILES string of the molecule is Cc1ccc(CC2(CCC(=O)N3CCCC3c3nc4ccccc4s3)CCC(=O)N2)cc1. The van der Waals surface area contributed by atoms with Crippen LogP contribution >= 0.6 is 11.3 Å². The van der Waals surface area contributed by atoms with Gasteiger partial charge in [0.15, 0.2) is 0 Å². The lowest BCUT2D eigenvalue weighted by Gasteiger charge is -2.31. The van der Waals surface area contributed by atoms with Crippen molar-refractivity contribution in [2.45, 2.75) is 63.5 Å². The van der Waals surface area contributed by atoms with Gasteiger partial charge in [-0.2, -0.15) is 0 Å². The molecule has 2 aromatic carbocycles. The summed E-state index contributed by atoms with van der Waals surface area (Å²) in [6.45, 7) is 2.87. The zero-order valence-corrected chi connectivity index (χ0v) is 19.3. The number of hydrogen-bond donors (Lipinski definition) is 1. The number of aromatic nitrogens is 1. The summed E-state index contributed by atoms with van der Waals surface area (Å²) in [6.07, 6.45) is 5.20. The number of fused-ring (bicyclic) bond motifs is 1. The van der Waals surface area contributed by atoms with Crippen LogP contribution in [0.3, 0.4) is 0 Å². The molecule has 2 aliphatic heterocycles. The molecule has 5 nitrogen and oxygen atoms in total. The molecule has 0 bridgehead atoms. The number of rotatable bonds is 6. The molecular weight excluding hydrogens is 418 g/mol. The highest BCUT2D eigenvalue weighted by Gasteiger charge is 2.39. The van der Waals surface area contributed by atoms with Gasteiger partial charge in [0.25, 0.3) is 0 Å². The fraction of sp³-hybridized carbons (Fsp3) is 0.423. The first-order valence-corrected chi connectivity index (χ1v) is 12.3. The second kappa shape index (κ2) is 8.66. The van der Waals surface area contributed by atoms with Gasteiger partial charge in [0.2, 0.25) is 11.8 Å². The van der Waals surface area contributed by atoms with E-state index >= 15 is 0 Å². The number of nitrogens with one attached hydrogen (secondary N) is 1. The maximum atomic E-state index is 13.3. The van der Waals surface area contributed by atoms with Crippen molar-refractivity contribution in [1.29, 1.82) is 0 Å². The molecule has 2 fully saturated rings. The highest BCUT2D eigenvalue weighted by molar-refractivity contribution is 7.18. The first-order valence-electron chi connectivity index (χ1n) is 11.5. The van der Waals surface area contributed by atoms with Gasteiger partial charge in [0.1, 0.15) is 5.01 Å². The summed E-state index contributed by atoms with van der Waals surface area (Å²) in [4.78, 5) is 32.3. The molecule has 2 aliphatic rings. The van der Waals surface area contributed by atoms with Crippen LogP contribution in [0.15, 0.2) is 48.5 Å². The van der Waals surface area contributed by atoms with Crippen molar-refractivity contribution in [3.05, 3.63) is 64.7 Å². The molecule has 2 saturated heterocycles. The summed E-state index contributed by atoms with van der Waals surface area (Å²) >= 11 is 1.70. The normalized spacial score (nSPS) is 23.1. The second-order valence-electron chi connectivity index (χ2n) is 9.26. The van der Waals surface area contributed by atoms with Crippen LogP contribution in [-0.2, 0) is 16.0 Å². The van der Waals surface area contributed by atoms with Crippen LogP contribution in [0.1, 0.15) is 60.7 Å². The Balaban J connectivity index is 1.29. The fourth-order valence-electron chi connectivity index (χ4n) is 5.12. The Morgan fingerprint density at radius 3 is 2.78 bits per heavy atom. The molecule has 0 aliphatic carbocycles. The average molecular weight is 448 g/mol. The molecule has 5 rings (SSSR count). The van der Waals surface area contributed by atoms with E-state index in [2.05, 4.69) is 42.6 Å². The number of nitrogens with zero attached hydrogens (tertiary/aromatic N) is 2. The molecule has 1 N–H and O–H groups in total. The van der Waals surface area contributed by atoms with Crippen LogP contribution in [0, 0.1) is 6.92 Å². The van der Waals surface area contributed by atoms with E-state index in [1.54, 1.807) is 11.3 Å². The van der Waals surface area contributed by atoms with E-state index in [9.17, 15) is 9.59 Å². The van der Waals surface area contributed by atoms with Crippen molar-refractivity contribution in [2.24, 2.45) is 0 Å². The number of carbonyl (C=O) groups is 2. The number of benzene rings is 2. The summed E-state index contributed by atoms with van der Waals surface area (Å²) in [5.41, 5.74) is 3.12. The van der Waals surface area contributed by atoms with Gasteiger partial charge < -0.3 is 10.2 Å². The number of amides is 2. The molecule has 3 heterocycles. The summed E-state index contributed by atoms with van der Waals surface area (Å²) in [5, 5.41) is 4.26. The molecule has 6 heteroatoms. The van der Waals surface area contributed by atoms with Crippen molar-refractivity contribution in [1.82, 2.24) is 15.2 Å². The molecule has 0 spiro atoms. The van der Waals surface area contributed by atoms with Crippen molar-refractivity contribution >= 4 is 33.4 Å². The van der Waals surface area contributed by atoms with Gasteiger partial charge in [-0.05, 0) is 56.7 Å². The third-order valence-corrected chi connectivity index (χ3v) is 8.02. The highest BCUT2D eigenvalue weighted by Crippen LogP contribution is 2.38. The molecular formula is C26H29N3O2S. The molecule has 0 saturated carbocycles. The van der Waals surface area contributed by atoms with Gasteiger partial charge in [-0.25, -0.2) is 4.98 Å². The lowest BCUT2D eigenvalue weighted by atomic mass is 9.84. The number of thiazole rings is 1. The molecule has 3 aromatic rings. The minimum absolute atomic E-state index is 0.0751. The first kappa shape index (κ1) is 21.1. The van der Waals surface area contributed by atoms with Crippen molar-refractivity contribution < 1.29 is 9.59 Å². The van der Waals surface area contributed by atoms with Crippen molar-refractivity contribution in [3.8, 4) is 0 Å². The zero-order chi connectivity index (χ0) is 22.1. The molecule has 2 amide bonds. The van der Waals surface area contributed by atoms with E-state index in [0.29, 0.717) is 19.3 Å². The Bertz CT molecular complexity index is 1110. The van der Waals surface area contributed by atoms with Crippen LogP contribution < -0.4 is 5.32 Å². The minimum Gasteiger partial charge on any atom is -0.350 e. The number of aryl methyl sites for hydroxylation is 1. The average Bonchev–Trinajstić information content (AvgIpc) is 3.52. The molecule has 0 radical (unpaired) electrons. The third-order valence-electron chi connectivity index (χ3n) is 6.88. The van der Waals surface area contributed by atoms with E-state index in [4.69, 9.17) is 4.98 Å². The highest BCUT2D eigenvalue weighted by atomic mass is 32.1. The Kier molecular flexibility index (Phi) is 5.72. The number of hydrogen-bond acceptors (Lipinski definition) is 4. The van der Waals surface area contributed by atoms with Crippen LogP contribution in [0.25, 0.3) is 10.2 Å². The smallest absolute Gasteiger partial charge is 0.223 e. The lowest BCUT2D eigenvalue weighted by molar-refractivity contribution is -0.132. The summed E-state index contributed by atoms with van der Waals surface area (Å²) in [7, 11) is 0. The van der Waals surface area contributed by atoms with Gasteiger partial charge in [-0.3, -0.25) is 9.59 Å². The van der Waals surface area contributed by atoms with Crippen LogP contribution in [0.2, 0.25) is 0 Å². The molecule has 1 aromatic heterocycles. The Morgan fingerprint density at radius 2 is 2.03 bits per heavy atom. The topological polar surface area (TPSA) is 62.3 Å². The predicted molar refractivity (Wildman–Crippen MR) is 128 cm³/mol. The standard InChI is InChI=1S/C26H29N3O2S/c1-18-8-10-19(11-9-18)17-26(14-12-23(30)28-26)15-13-24(31)29-16-4-6-21(29)25-27-20-5-2-3-7-22(20)32-25/h2-3,5,7-11,21H,4,6,12-17H2,1H3,(H,28,30). The predicted octanol–water partition coefficient (Wildman–Crippen LogP) is 4.94. The Morgan fingerprint density at radius 1 is 1.22 bits per heavy atom. The van der Waals surface area contributed by atoms with Crippen LogP contribution in [0.4, 0.5) is 0 Å². The van der Waals surface area contributed by atoms with E-state index in [1.165, 1.54) is 15.8 Å². The van der Waals surface area contributed by atoms with E-state index in [-0.39, 0.29) is 23.4 Å². The molecule has 32 heavy (non-hydrogen) atoms. The quantitative estimate of drug-likeness (QED) is 0.582. The van der Waals surface area contributed by atoms with Crippen molar-refractivity contribution in [3.63, 3.8) is 0 Å². The lowest BCUT2D eigenvalue weighted by Crippen LogP contribution is -2.44. The van der Waals surface area contributed by atoms with Gasteiger partial charge in [0.05, 0.1) is 16.3 Å². The van der Waals surface area contributed by atoms with Gasteiger partial charge in [0, 0.05) is 24.9 Å². The van der Waals surface area contributed by atoms with Gasteiger partial charge >= 0.3 is 0 Å². The first-order chi connectivity index (χ1) is 15.5.